The third-order valence-corrected chi connectivity index (χ3v) is 6.20. The number of ether oxygens (including phenoxy) is 2. The summed E-state index contributed by atoms with van der Waals surface area (Å²) in [6, 6.07) is 15.1. The van der Waals surface area contributed by atoms with Gasteiger partial charge in [-0.2, -0.15) is 11.8 Å². The van der Waals surface area contributed by atoms with E-state index < -0.39 is 12.2 Å². The Balaban J connectivity index is 1.53. The molecule has 1 heterocycles. The molecule has 0 saturated carbocycles. The largest absolute Gasteiger partial charge is 0.469 e. The van der Waals surface area contributed by atoms with Crippen LogP contribution in [-0.2, 0) is 20.7 Å². The second-order valence-electron chi connectivity index (χ2n) is 7.16. The molecule has 1 N–H and O–H groups in total. The third kappa shape index (κ3) is 7.27. The van der Waals surface area contributed by atoms with Gasteiger partial charge in [0.1, 0.15) is 23.7 Å². The van der Waals surface area contributed by atoms with Crippen LogP contribution < -0.4 is 5.32 Å². The molecule has 0 aliphatic carbocycles. The molecule has 1 atom stereocenters. The first-order valence-corrected chi connectivity index (χ1v) is 11.9. The number of aromatic nitrogens is 1. The number of benzene rings is 2. The zero-order valence-electron chi connectivity index (χ0n) is 18.4. The smallest absolute Gasteiger partial charge is 0.412 e. The minimum absolute atomic E-state index is 0.189. The van der Waals surface area contributed by atoms with Gasteiger partial charge in [-0.3, -0.25) is 10.1 Å². The topological polar surface area (TPSA) is 90.7 Å². The lowest BCUT2D eigenvalue weighted by atomic mass is 10.1. The van der Waals surface area contributed by atoms with Gasteiger partial charge in [-0.05, 0) is 30.7 Å². The van der Waals surface area contributed by atoms with Gasteiger partial charge in [0.2, 0.25) is 0 Å². The van der Waals surface area contributed by atoms with E-state index in [-0.39, 0.29) is 5.97 Å². The maximum absolute atomic E-state index is 12.4. The fraction of sp³-hybridized carbons (Fsp3) is 0.292. The summed E-state index contributed by atoms with van der Waals surface area (Å²) < 4.78 is 15.2. The number of esters is 1. The number of amides is 1. The number of hydrogen-bond donors (Lipinski definition) is 1. The standard InChI is InChI=1S/C24H25ClN2O5S/c1-16(19-5-3-4-6-20(19)25)32-24(29)26-21-15-31-27-23(21)18-9-7-17(8-10-18)11-13-33-14-12-22(28)30-2/h3-10,15-16H,11-14H2,1-2H3,(H,26,29). The van der Waals surface area contributed by atoms with Gasteiger partial charge in [-0.15, -0.1) is 0 Å². The number of nitrogens with one attached hydrogen (secondary N) is 1. The summed E-state index contributed by atoms with van der Waals surface area (Å²) >= 11 is 7.88. The molecule has 1 amide bonds. The Morgan fingerprint density at radius 3 is 2.64 bits per heavy atom. The molecule has 0 spiro atoms. The summed E-state index contributed by atoms with van der Waals surface area (Å²) in [6.45, 7) is 1.75. The average Bonchev–Trinajstić information content (AvgIpc) is 3.27. The minimum Gasteiger partial charge on any atom is -0.469 e. The summed E-state index contributed by atoms with van der Waals surface area (Å²) in [5.74, 6) is 1.46. The lowest BCUT2D eigenvalue weighted by Crippen LogP contribution is -2.16. The van der Waals surface area contributed by atoms with Gasteiger partial charge in [0, 0.05) is 21.9 Å². The Bertz CT molecular complexity index is 1070. The second-order valence-corrected chi connectivity index (χ2v) is 8.79. The van der Waals surface area contributed by atoms with Crippen molar-refractivity contribution in [3.63, 3.8) is 0 Å². The number of methoxy groups -OCH3 is 1. The van der Waals surface area contributed by atoms with E-state index in [1.54, 1.807) is 24.8 Å². The fourth-order valence-corrected chi connectivity index (χ4v) is 4.27. The van der Waals surface area contributed by atoms with Crippen molar-refractivity contribution in [2.45, 2.75) is 25.9 Å². The van der Waals surface area contributed by atoms with E-state index in [9.17, 15) is 9.59 Å². The minimum atomic E-state index is -0.632. The molecular weight excluding hydrogens is 464 g/mol. The quantitative estimate of drug-likeness (QED) is 0.270. The molecule has 0 radical (unpaired) electrons. The molecule has 0 aliphatic rings. The molecule has 0 aliphatic heterocycles. The monoisotopic (exact) mass is 488 g/mol. The zero-order chi connectivity index (χ0) is 23.6. The van der Waals surface area contributed by atoms with Crippen molar-refractivity contribution in [1.29, 1.82) is 0 Å². The van der Waals surface area contributed by atoms with Crippen LogP contribution in [0.25, 0.3) is 11.3 Å². The maximum atomic E-state index is 12.4. The molecule has 3 aromatic rings. The van der Waals surface area contributed by atoms with Crippen LogP contribution in [0.2, 0.25) is 5.02 Å². The number of nitrogens with zero attached hydrogens (tertiary/aromatic N) is 1. The zero-order valence-corrected chi connectivity index (χ0v) is 19.9. The number of rotatable bonds is 10. The van der Waals surface area contributed by atoms with E-state index >= 15 is 0 Å². The number of aryl methyl sites for hydroxylation is 1. The number of hydrogen-bond acceptors (Lipinski definition) is 7. The van der Waals surface area contributed by atoms with Crippen LogP contribution in [0.4, 0.5) is 10.5 Å². The maximum Gasteiger partial charge on any atom is 0.412 e. The van der Waals surface area contributed by atoms with Crippen molar-refractivity contribution in [3.8, 4) is 11.3 Å². The van der Waals surface area contributed by atoms with Gasteiger partial charge in [-0.1, -0.05) is 59.2 Å². The van der Waals surface area contributed by atoms with Crippen LogP contribution in [0.3, 0.4) is 0 Å². The summed E-state index contributed by atoms with van der Waals surface area (Å²) in [4.78, 5) is 23.5. The number of anilines is 1. The molecule has 1 unspecified atom stereocenters. The van der Waals surface area contributed by atoms with Crippen molar-refractivity contribution in [1.82, 2.24) is 5.16 Å². The van der Waals surface area contributed by atoms with Gasteiger partial charge in [0.05, 0.1) is 13.5 Å². The van der Waals surface area contributed by atoms with E-state index in [1.807, 2.05) is 42.5 Å². The highest BCUT2D eigenvalue weighted by Gasteiger charge is 2.18. The van der Waals surface area contributed by atoms with Crippen LogP contribution in [-0.4, -0.2) is 35.8 Å². The molecule has 9 heteroatoms. The van der Waals surface area contributed by atoms with Crippen LogP contribution in [0.1, 0.15) is 30.6 Å². The van der Waals surface area contributed by atoms with Crippen molar-refractivity contribution in [2.24, 2.45) is 0 Å². The molecule has 0 fully saturated rings. The van der Waals surface area contributed by atoms with E-state index in [4.69, 9.17) is 20.9 Å². The number of thioether (sulfide) groups is 1. The number of carbonyl (C=O) groups is 2. The summed E-state index contributed by atoms with van der Waals surface area (Å²) in [5.41, 5.74) is 3.61. The Morgan fingerprint density at radius 2 is 1.91 bits per heavy atom. The van der Waals surface area contributed by atoms with Gasteiger partial charge < -0.3 is 14.0 Å². The molecule has 33 heavy (non-hydrogen) atoms. The first-order valence-electron chi connectivity index (χ1n) is 10.4. The highest BCUT2D eigenvalue weighted by atomic mass is 35.5. The molecular formula is C24H25ClN2O5S. The summed E-state index contributed by atoms with van der Waals surface area (Å²) in [6.07, 6.45) is 1.51. The van der Waals surface area contributed by atoms with E-state index in [1.165, 1.54) is 13.4 Å². The highest BCUT2D eigenvalue weighted by Crippen LogP contribution is 2.29. The van der Waals surface area contributed by atoms with Crippen molar-refractivity contribution < 1.29 is 23.6 Å². The van der Waals surface area contributed by atoms with Gasteiger partial charge in [0.25, 0.3) is 0 Å². The van der Waals surface area contributed by atoms with Crippen LogP contribution in [0, 0.1) is 0 Å². The van der Waals surface area contributed by atoms with E-state index in [2.05, 4.69) is 15.2 Å². The number of carbonyl (C=O) groups excluding carboxylic acids is 2. The molecule has 3 rings (SSSR count). The predicted molar refractivity (Wildman–Crippen MR) is 130 cm³/mol. The van der Waals surface area contributed by atoms with Crippen molar-refractivity contribution in [2.75, 3.05) is 23.9 Å². The van der Waals surface area contributed by atoms with E-state index in [0.29, 0.717) is 22.8 Å². The van der Waals surface area contributed by atoms with Crippen LogP contribution in [0.15, 0.2) is 59.3 Å². The Kier molecular flexibility index (Phi) is 9.21. The Labute approximate surface area is 201 Å². The molecule has 2 aromatic carbocycles. The molecule has 0 saturated heterocycles. The second kappa shape index (κ2) is 12.3. The van der Waals surface area contributed by atoms with Gasteiger partial charge in [-0.25, -0.2) is 4.79 Å². The summed E-state index contributed by atoms with van der Waals surface area (Å²) in [7, 11) is 1.40. The molecule has 0 bridgehead atoms. The molecule has 1 aromatic heterocycles. The first kappa shape index (κ1) is 24.7. The first-order chi connectivity index (χ1) is 16.0. The summed E-state index contributed by atoms with van der Waals surface area (Å²) in [5, 5.41) is 7.23. The Morgan fingerprint density at radius 1 is 1.15 bits per heavy atom. The predicted octanol–water partition coefficient (Wildman–Crippen LogP) is 6.14. The van der Waals surface area contributed by atoms with Crippen LogP contribution >= 0.6 is 23.4 Å². The average molecular weight is 489 g/mol. The van der Waals surface area contributed by atoms with Gasteiger partial charge in [0.15, 0.2) is 0 Å². The van der Waals surface area contributed by atoms with Crippen LogP contribution in [0.5, 0.6) is 0 Å². The fourth-order valence-electron chi connectivity index (χ4n) is 3.08. The molecule has 174 valence electrons. The Hall–Kier alpha value is -2.97. The SMILES string of the molecule is COC(=O)CCSCCc1ccc(-c2nocc2NC(=O)OC(C)c2ccccc2Cl)cc1. The lowest BCUT2D eigenvalue weighted by molar-refractivity contribution is -0.140. The van der Waals surface area contributed by atoms with Gasteiger partial charge >= 0.3 is 12.1 Å². The lowest BCUT2D eigenvalue weighted by Gasteiger charge is -2.15. The van der Waals surface area contributed by atoms with Crippen molar-refractivity contribution in [3.05, 3.63) is 70.9 Å². The van der Waals surface area contributed by atoms with E-state index in [0.717, 1.165) is 34.6 Å². The number of halogens is 1. The highest BCUT2D eigenvalue weighted by molar-refractivity contribution is 7.99. The molecule has 7 nitrogen and oxygen atoms in total. The van der Waals surface area contributed by atoms with Crippen molar-refractivity contribution >= 4 is 41.1 Å². The normalized spacial score (nSPS) is 11.6. The third-order valence-electron chi connectivity index (χ3n) is 4.87.